The maximum Gasteiger partial charge on any atom is 0.327 e. The molecular formula is C15H21NO2S. The van der Waals surface area contributed by atoms with Gasteiger partial charge in [-0.2, -0.15) is 0 Å². The lowest BCUT2D eigenvalue weighted by atomic mass is 10.2. The Labute approximate surface area is 119 Å². The molecule has 0 amide bonds. The zero-order valence-electron chi connectivity index (χ0n) is 11.8. The van der Waals surface area contributed by atoms with E-state index in [1.807, 2.05) is 24.4 Å². The van der Waals surface area contributed by atoms with Crippen molar-refractivity contribution < 1.29 is 9.53 Å². The Hall–Kier alpha value is -1.29. The molecule has 4 heteroatoms. The number of rotatable bonds is 7. The van der Waals surface area contributed by atoms with Crippen LogP contribution in [0.25, 0.3) is 0 Å². The Morgan fingerprint density at radius 1 is 1.37 bits per heavy atom. The van der Waals surface area contributed by atoms with Crippen LogP contribution in [0.2, 0.25) is 0 Å². The van der Waals surface area contributed by atoms with E-state index in [4.69, 9.17) is 4.74 Å². The summed E-state index contributed by atoms with van der Waals surface area (Å²) in [7, 11) is 0. The number of benzene rings is 1. The van der Waals surface area contributed by atoms with Crippen molar-refractivity contribution >= 4 is 23.9 Å². The fraction of sp³-hybridized carbons (Fsp3) is 0.467. The first kappa shape index (κ1) is 15.8. The van der Waals surface area contributed by atoms with Crippen LogP contribution in [-0.2, 0) is 15.3 Å². The maximum absolute atomic E-state index is 11.2. The summed E-state index contributed by atoms with van der Waals surface area (Å²) in [5.41, 5.74) is 1.29. The van der Waals surface area contributed by atoms with Gasteiger partial charge in [-0.05, 0) is 26.3 Å². The van der Waals surface area contributed by atoms with E-state index in [0.717, 1.165) is 5.75 Å². The van der Waals surface area contributed by atoms with Crippen molar-refractivity contribution in [1.29, 1.82) is 0 Å². The number of nitrogens with zero attached hydrogens (tertiary/aromatic N) is 1. The number of carbonyl (C=O) groups excluding carboxylic acids is 1. The minimum Gasteiger partial charge on any atom is -0.465 e. The summed E-state index contributed by atoms with van der Waals surface area (Å²) in [4.78, 5) is 15.3. The molecule has 0 radical (unpaired) electrons. The van der Waals surface area contributed by atoms with Crippen molar-refractivity contribution in [1.82, 2.24) is 0 Å². The van der Waals surface area contributed by atoms with E-state index in [-0.39, 0.29) is 17.3 Å². The van der Waals surface area contributed by atoms with E-state index >= 15 is 0 Å². The minimum atomic E-state index is -0.275. The molecule has 1 rings (SSSR count). The number of hydrogen-bond acceptors (Lipinski definition) is 4. The normalized spacial score (nSPS) is 11.7. The molecule has 0 aliphatic rings. The third-order valence-corrected chi connectivity index (χ3v) is 3.71. The minimum absolute atomic E-state index is 0.0949. The summed E-state index contributed by atoms with van der Waals surface area (Å²) < 4.78 is 4.73. The van der Waals surface area contributed by atoms with Gasteiger partial charge in [-0.15, -0.1) is 11.8 Å². The molecule has 0 spiro atoms. The second kappa shape index (κ2) is 8.00. The lowest BCUT2D eigenvalue weighted by Gasteiger charge is -2.18. The van der Waals surface area contributed by atoms with Gasteiger partial charge in [0.15, 0.2) is 0 Å². The number of aliphatic imine (C=N–C) groups is 1. The smallest absolute Gasteiger partial charge is 0.327 e. The highest BCUT2D eigenvalue weighted by Gasteiger charge is 2.15. The van der Waals surface area contributed by atoms with Gasteiger partial charge in [0, 0.05) is 16.7 Å². The molecule has 0 N–H and O–H groups in total. The Kier molecular flexibility index (Phi) is 6.64. The first-order chi connectivity index (χ1) is 9.03. The molecule has 0 unspecified atom stereocenters. The number of thioether (sulfide) groups is 1. The monoisotopic (exact) mass is 279 g/mol. The molecule has 1 aromatic carbocycles. The second-order valence-electron chi connectivity index (χ2n) is 4.65. The van der Waals surface area contributed by atoms with Crippen molar-refractivity contribution in [2.24, 2.45) is 4.99 Å². The molecule has 0 saturated carbocycles. The van der Waals surface area contributed by atoms with Gasteiger partial charge in [0.1, 0.15) is 6.54 Å². The summed E-state index contributed by atoms with van der Waals surface area (Å²) in [6, 6.07) is 10.3. The van der Waals surface area contributed by atoms with Gasteiger partial charge >= 0.3 is 5.97 Å². The van der Waals surface area contributed by atoms with Crippen LogP contribution in [0.4, 0.5) is 0 Å². The van der Waals surface area contributed by atoms with Crippen LogP contribution in [0.5, 0.6) is 0 Å². The highest BCUT2D eigenvalue weighted by molar-refractivity contribution is 8.00. The number of esters is 1. The van der Waals surface area contributed by atoms with Crippen LogP contribution in [0.1, 0.15) is 26.3 Å². The summed E-state index contributed by atoms with van der Waals surface area (Å²) in [6.07, 6.45) is 1.83. The van der Waals surface area contributed by atoms with E-state index in [9.17, 15) is 4.79 Å². The van der Waals surface area contributed by atoms with Crippen molar-refractivity contribution in [2.45, 2.75) is 31.3 Å². The average molecular weight is 279 g/mol. The molecule has 3 nitrogen and oxygen atoms in total. The van der Waals surface area contributed by atoms with Gasteiger partial charge in [-0.3, -0.25) is 9.79 Å². The zero-order valence-corrected chi connectivity index (χ0v) is 12.6. The predicted molar refractivity (Wildman–Crippen MR) is 81.8 cm³/mol. The first-order valence-electron chi connectivity index (χ1n) is 6.38. The molecule has 0 fully saturated rings. The number of ether oxygens (including phenoxy) is 1. The van der Waals surface area contributed by atoms with E-state index in [1.165, 1.54) is 5.56 Å². The highest BCUT2D eigenvalue weighted by atomic mass is 32.2. The molecule has 0 bridgehead atoms. The van der Waals surface area contributed by atoms with Gasteiger partial charge in [-0.1, -0.05) is 30.3 Å². The second-order valence-corrected chi connectivity index (χ2v) is 6.28. The van der Waals surface area contributed by atoms with E-state index in [0.29, 0.717) is 6.61 Å². The fourth-order valence-corrected chi connectivity index (χ4v) is 2.31. The maximum atomic E-state index is 11.2. The quantitative estimate of drug-likeness (QED) is 0.567. The third-order valence-electron chi connectivity index (χ3n) is 2.38. The molecule has 0 aliphatic heterocycles. The SMILES string of the molecule is CCOC(=O)CN=CC(C)(C)SCc1ccccc1. The zero-order chi connectivity index (χ0) is 14.1. The molecular weight excluding hydrogens is 258 g/mol. The first-order valence-corrected chi connectivity index (χ1v) is 7.36. The lowest BCUT2D eigenvalue weighted by molar-refractivity contribution is -0.141. The fourth-order valence-electron chi connectivity index (χ4n) is 1.43. The topological polar surface area (TPSA) is 38.7 Å². The molecule has 0 saturated heterocycles. The van der Waals surface area contributed by atoms with E-state index in [2.05, 4.69) is 31.0 Å². The van der Waals surface area contributed by atoms with Crippen molar-refractivity contribution in [3.05, 3.63) is 35.9 Å². The van der Waals surface area contributed by atoms with Gasteiger partial charge in [-0.25, -0.2) is 0 Å². The van der Waals surface area contributed by atoms with Crippen LogP contribution in [0.15, 0.2) is 35.3 Å². The summed E-state index contributed by atoms with van der Waals surface area (Å²) >= 11 is 1.80. The standard InChI is InChI=1S/C15H21NO2S/c1-4-18-14(17)10-16-12-15(2,3)19-11-13-8-6-5-7-9-13/h5-9,12H,4,10-11H2,1-3H3. The molecule has 0 heterocycles. The summed E-state index contributed by atoms with van der Waals surface area (Å²) in [5.74, 6) is 0.654. The molecule has 1 aromatic rings. The number of hydrogen-bond donors (Lipinski definition) is 0. The molecule has 0 aromatic heterocycles. The average Bonchev–Trinajstić information content (AvgIpc) is 2.38. The van der Waals surface area contributed by atoms with Crippen LogP contribution >= 0.6 is 11.8 Å². The van der Waals surface area contributed by atoms with Crippen molar-refractivity contribution in [2.75, 3.05) is 13.2 Å². The van der Waals surface area contributed by atoms with Crippen molar-refractivity contribution in [3.8, 4) is 0 Å². The lowest BCUT2D eigenvalue weighted by Crippen LogP contribution is -2.18. The van der Waals surface area contributed by atoms with Crippen LogP contribution in [0.3, 0.4) is 0 Å². The number of carbonyl (C=O) groups is 1. The molecule has 104 valence electrons. The van der Waals surface area contributed by atoms with Crippen molar-refractivity contribution in [3.63, 3.8) is 0 Å². The van der Waals surface area contributed by atoms with Crippen LogP contribution < -0.4 is 0 Å². The summed E-state index contributed by atoms with van der Waals surface area (Å²) in [5, 5.41) is 0. The Morgan fingerprint density at radius 2 is 2.05 bits per heavy atom. The summed E-state index contributed by atoms with van der Waals surface area (Å²) in [6.45, 7) is 6.48. The Bertz CT molecular complexity index is 415. The third kappa shape index (κ3) is 7.01. The van der Waals surface area contributed by atoms with E-state index < -0.39 is 0 Å². The van der Waals surface area contributed by atoms with Gasteiger partial charge in [0.05, 0.1) is 6.61 Å². The predicted octanol–water partition coefficient (Wildman–Crippen LogP) is 3.33. The van der Waals surface area contributed by atoms with Gasteiger partial charge in [0.2, 0.25) is 0 Å². The van der Waals surface area contributed by atoms with E-state index in [1.54, 1.807) is 18.7 Å². The highest BCUT2D eigenvalue weighted by Crippen LogP contribution is 2.26. The largest absolute Gasteiger partial charge is 0.465 e. The molecule has 0 aliphatic carbocycles. The van der Waals surface area contributed by atoms with Crippen LogP contribution in [-0.4, -0.2) is 30.1 Å². The Balaban J connectivity index is 2.39. The Morgan fingerprint density at radius 3 is 2.68 bits per heavy atom. The van der Waals surface area contributed by atoms with Crippen LogP contribution in [0, 0.1) is 0 Å². The molecule has 19 heavy (non-hydrogen) atoms. The van der Waals surface area contributed by atoms with Gasteiger partial charge in [0.25, 0.3) is 0 Å². The molecule has 0 atom stereocenters. The van der Waals surface area contributed by atoms with Gasteiger partial charge < -0.3 is 4.74 Å².